The molecule has 0 saturated carbocycles. The monoisotopic (exact) mass is 516 g/mol. The van der Waals surface area contributed by atoms with Gasteiger partial charge in [-0.15, -0.1) is 0 Å². The van der Waals surface area contributed by atoms with Crippen LogP contribution in [0.2, 0.25) is 18.1 Å². The molecule has 1 heterocycles. The van der Waals surface area contributed by atoms with Crippen LogP contribution in [0, 0.1) is 0 Å². The highest BCUT2D eigenvalue weighted by molar-refractivity contribution is 6.74. The van der Waals surface area contributed by atoms with Crippen molar-refractivity contribution in [2.45, 2.75) is 129 Å². The third kappa shape index (κ3) is 10.6. The Kier molecular flexibility index (Phi) is 11.6. The minimum Gasteiger partial charge on any atom is -0.414 e. The van der Waals surface area contributed by atoms with Crippen molar-refractivity contribution in [3.63, 3.8) is 0 Å². The van der Waals surface area contributed by atoms with E-state index in [4.69, 9.17) is 13.9 Å². The number of hydrogen-bond donors (Lipinski definition) is 1. The maximum absolute atomic E-state index is 9.26. The Bertz CT molecular complexity index is 851. The van der Waals surface area contributed by atoms with Crippen LogP contribution in [0.1, 0.15) is 86.1 Å². The first-order chi connectivity index (χ1) is 16.7. The Labute approximate surface area is 222 Å². The summed E-state index contributed by atoms with van der Waals surface area (Å²) < 4.78 is 19.6. The van der Waals surface area contributed by atoms with Gasteiger partial charge in [0.1, 0.15) is 0 Å². The predicted molar refractivity (Wildman–Crippen MR) is 154 cm³/mol. The second-order valence-corrected chi connectivity index (χ2v) is 17.3. The molecule has 2 rings (SSSR count). The molecule has 204 valence electrons. The molecule has 0 spiro atoms. The first kappa shape index (κ1) is 31.0. The summed E-state index contributed by atoms with van der Waals surface area (Å²) in [5.74, 6) is -0.625. The van der Waals surface area contributed by atoms with E-state index in [0.29, 0.717) is 0 Å². The molecule has 0 radical (unpaired) electrons. The van der Waals surface area contributed by atoms with Gasteiger partial charge >= 0.3 is 0 Å². The number of aliphatic hydroxyl groups is 1. The van der Waals surface area contributed by atoms with Crippen molar-refractivity contribution in [2.24, 2.45) is 0 Å². The Morgan fingerprint density at radius 3 is 2.33 bits per heavy atom. The van der Waals surface area contributed by atoms with Gasteiger partial charge in [0.2, 0.25) is 0 Å². The lowest BCUT2D eigenvalue weighted by Crippen LogP contribution is -2.48. The van der Waals surface area contributed by atoms with Crippen LogP contribution in [0.15, 0.2) is 53.6 Å². The highest BCUT2D eigenvalue weighted by Crippen LogP contribution is 2.39. The molecule has 1 fully saturated rings. The molecule has 1 saturated heterocycles. The normalized spacial score (nSPS) is 22.5. The molecule has 5 heteroatoms. The molecule has 1 aliphatic heterocycles. The summed E-state index contributed by atoms with van der Waals surface area (Å²) in [7, 11) is -1.93. The summed E-state index contributed by atoms with van der Waals surface area (Å²) in [6.07, 6.45) is 10.1. The summed E-state index contributed by atoms with van der Waals surface area (Å²) >= 11 is 0. The van der Waals surface area contributed by atoms with Crippen LogP contribution in [0.25, 0.3) is 0 Å². The molecule has 4 nitrogen and oxygen atoms in total. The molecule has 0 bridgehead atoms. The van der Waals surface area contributed by atoms with Gasteiger partial charge in [0.15, 0.2) is 14.1 Å². The first-order valence-electron chi connectivity index (χ1n) is 13.7. The van der Waals surface area contributed by atoms with E-state index in [1.54, 1.807) is 0 Å². The van der Waals surface area contributed by atoms with Gasteiger partial charge in [-0.3, -0.25) is 0 Å². The fourth-order valence-electron chi connectivity index (χ4n) is 4.60. The van der Waals surface area contributed by atoms with Crippen LogP contribution in [0.5, 0.6) is 0 Å². The van der Waals surface area contributed by atoms with Crippen molar-refractivity contribution in [3.8, 4) is 0 Å². The highest BCUT2D eigenvalue weighted by atomic mass is 28.4. The van der Waals surface area contributed by atoms with E-state index in [-0.39, 0.29) is 30.0 Å². The first-order valence-corrected chi connectivity index (χ1v) is 16.6. The van der Waals surface area contributed by atoms with Gasteiger partial charge in [-0.1, -0.05) is 74.4 Å². The smallest absolute Gasteiger partial charge is 0.192 e. The summed E-state index contributed by atoms with van der Waals surface area (Å²) in [5, 5.41) is 9.42. The van der Waals surface area contributed by atoms with Crippen molar-refractivity contribution in [1.82, 2.24) is 0 Å². The zero-order valence-electron chi connectivity index (χ0n) is 24.4. The minimum absolute atomic E-state index is 0.0709. The second kappa shape index (κ2) is 13.5. The van der Waals surface area contributed by atoms with Crippen LogP contribution < -0.4 is 0 Å². The zero-order valence-corrected chi connectivity index (χ0v) is 25.4. The van der Waals surface area contributed by atoms with E-state index in [1.807, 2.05) is 19.9 Å². The van der Waals surface area contributed by atoms with Crippen LogP contribution >= 0.6 is 0 Å². The molecule has 1 aromatic rings. The van der Waals surface area contributed by atoms with Crippen LogP contribution in [0.3, 0.4) is 0 Å². The zero-order chi connectivity index (χ0) is 27.0. The quantitative estimate of drug-likeness (QED) is 0.226. The SMILES string of the molecule is C/C(=C\Cc1ccccc1)CC[C@H](C[C@H]1C[C@@H](C/C(C)=C/CO)OC(C)(C)O1)O[Si](C)(C)C(C)(C)C. The molecule has 1 aliphatic rings. The Morgan fingerprint density at radius 2 is 1.72 bits per heavy atom. The molecule has 1 aromatic carbocycles. The van der Waals surface area contributed by atoms with Crippen LogP contribution in [-0.4, -0.2) is 44.1 Å². The second-order valence-electron chi connectivity index (χ2n) is 12.6. The largest absolute Gasteiger partial charge is 0.414 e. The molecule has 0 unspecified atom stereocenters. The lowest BCUT2D eigenvalue weighted by atomic mass is 9.96. The van der Waals surface area contributed by atoms with Crippen molar-refractivity contribution in [1.29, 1.82) is 0 Å². The molecular formula is C31H52O4Si. The average molecular weight is 517 g/mol. The molecule has 1 N–H and O–H groups in total. The van der Waals surface area contributed by atoms with E-state index >= 15 is 0 Å². The van der Waals surface area contributed by atoms with Crippen molar-refractivity contribution < 1.29 is 19.0 Å². The molecule has 36 heavy (non-hydrogen) atoms. The van der Waals surface area contributed by atoms with Gasteiger partial charge in [-0.2, -0.15) is 0 Å². The van der Waals surface area contributed by atoms with Crippen molar-refractivity contribution >= 4 is 8.32 Å². The van der Waals surface area contributed by atoms with Crippen molar-refractivity contribution in [3.05, 3.63) is 59.2 Å². The van der Waals surface area contributed by atoms with Gasteiger partial charge in [-0.25, -0.2) is 0 Å². The Hall–Kier alpha value is -1.24. The van der Waals surface area contributed by atoms with Crippen LogP contribution in [-0.2, 0) is 20.3 Å². The fraction of sp³-hybridized carbons (Fsp3) is 0.677. The fourth-order valence-corrected chi connectivity index (χ4v) is 6.00. The summed E-state index contributed by atoms with van der Waals surface area (Å²) in [6.45, 7) is 20.0. The third-order valence-corrected chi connectivity index (χ3v) is 12.1. The number of benzene rings is 1. The topological polar surface area (TPSA) is 47.9 Å². The van der Waals surface area contributed by atoms with E-state index in [0.717, 1.165) is 44.1 Å². The van der Waals surface area contributed by atoms with Gasteiger partial charge in [0.05, 0.1) is 18.8 Å². The average Bonchev–Trinajstić information content (AvgIpc) is 2.74. The molecular weight excluding hydrogens is 464 g/mol. The summed E-state index contributed by atoms with van der Waals surface area (Å²) in [6, 6.07) is 10.6. The standard InChI is InChI=1S/C31H52O4Si/c1-24(15-17-26-13-11-10-12-14-26)16-18-27(35-36(8,9)30(3,4)5)22-29-23-28(21-25(2)19-20-32)33-31(6,7)34-29/h10-15,19,27-29,32H,16-18,20-23H2,1-9H3/b24-15+,25-19+/t27-,28-,29+/m1/s1. The van der Waals surface area contributed by atoms with Gasteiger partial charge < -0.3 is 19.0 Å². The molecule has 0 aromatic heterocycles. The summed E-state index contributed by atoms with van der Waals surface area (Å²) in [4.78, 5) is 0. The van der Waals surface area contributed by atoms with E-state index in [1.165, 1.54) is 11.1 Å². The Morgan fingerprint density at radius 1 is 1.08 bits per heavy atom. The van der Waals surface area contributed by atoms with Gasteiger partial charge in [0.25, 0.3) is 0 Å². The maximum Gasteiger partial charge on any atom is 0.192 e. The van der Waals surface area contributed by atoms with Crippen molar-refractivity contribution in [2.75, 3.05) is 6.61 Å². The number of ether oxygens (including phenoxy) is 2. The summed E-state index contributed by atoms with van der Waals surface area (Å²) in [5.41, 5.74) is 3.92. The van der Waals surface area contributed by atoms with Gasteiger partial charge in [-0.05, 0) is 83.5 Å². The highest BCUT2D eigenvalue weighted by Gasteiger charge is 2.41. The third-order valence-electron chi connectivity index (χ3n) is 7.60. The lowest BCUT2D eigenvalue weighted by molar-refractivity contribution is -0.301. The van der Waals surface area contributed by atoms with Crippen LogP contribution in [0.4, 0.5) is 0 Å². The molecule has 3 atom stereocenters. The number of aliphatic hydroxyl groups excluding tert-OH is 1. The number of rotatable bonds is 12. The minimum atomic E-state index is -1.93. The van der Waals surface area contributed by atoms with Gasteiger partial charge in [0, 0.05) is 12.5 Å². The number of hydrogen-bond acceptors (Lipinski definition) is 4. The van der Waals surface area contributed by atoms with E-state index in [2.05, 4.69) is 84.1 Å². The van der Waals surface area contributed by atoms with E-state index < -0.39 is 14.1 Å². The predicted octanol–water partition coefficient (Wildman–Crippen LogP) is 7.98. The molecule has 0 amide bonds. The molecule has 0 aliphatic carbocycles. The van der Waals surface area contributed by atoms with E-state index in [9.17, 15) is 5.11 Å². The maximum atomic E-state index is 9.26. The lowest BCUT2D eigenvalue weighted by Gasteiger charge is -2.44. The number of allylic oxidation sites excluding steroid dienone is 2. The Balaban J connectivity index is 2.11.